The van der Waals surface area contributed by atoms with Crippen LogP contribution in [-0.4, -0.2) is 7.11 Å². The lowest BCUT2D eigenvalue weighted by Crippen LogP contribution is -2.14. The first-order valence-electron chi connectivity index (χ1n) is 6.04. The molecule has 0 aliphatic heterocycles. The fourth-order valence-corrected chi connectivity index (χ4v) is 2.45. The predicted molar refractivity (Wildman–Crippen MR) is 80.0 cm³/mol. The van der Waals surface area contributed by atoms with Gasteiger partial charge in [0, 0.05) is 21.7 Å². The van der Waals surface area contributed by atoms with Gasteiger partial charge in [0.15, 0.2) is 0 Å². The minimum Gasteiger partial charge on any atom is -0.496 e. The van der Waals surface area contributed by atoms with E-state index in [-0.39, 0.29) is 11.9 Å². The molecule has 20 heavy (non-hydrogen) atoms. The van der Waals surface area contributed by atoms with E-state index in [2.05, 4.69) is 0 Å². The molecule has 0 saturated heterocycles. The summed E-state index contributed by atoms with van der Waals surface area (Å²) >= 11 is 12.0. The van der Waals surface area contributed by atoms with E-state index in [0.29, 0.717) is 22.2 Å². The van der Waals surface area contributed by atoms with Gasteiger partial charge in [-0.2, -0.15) is 0 Å². The lowest BCUT2D eigenvalue weighted by atomic mass is 9.99. The Labute approximate surface area is 127 Å². The molecule has 2 rings (SSSR count). The Morgan fingerprint density at radius 2 is 1.95 bits per heavy atom. The summed E-state index contributed by atoms with van der Waals surface area (Å²) in [5.41, 5.74) is 7.76. The summed E-state index contributed by atoms with van der Waals surface area (Å²) in [6.45, 7) is 0. The minimum atomic E-state index is -0.368. The zero-order valence-electron chi connectivity index (χ0n) is 10.9. The van der Waals surface area contributed by atoms with Crippen LogP contribution < -0.4 is 10.5 Å². The van der Waals surface area contributed by atoms with Crippen LogP contribution in [0.2, 0.25) is 10.0 Å². The highest BCUT2D eigenvalue weighted by Gasteiger charge is 2.15. The summed E-state index contributed by atoms with van der Waals surface area (Å²) in [6, 6.07) is 9.20. The topological polar surface area (TPSA) is 35.2 Å². The van der Waals surface area contributed by atoms with E-state index < -0.39 is 0 Å². The standard InChI is InChI=1S/C15H14Cl2FNO/c1-20-15-5-3-10(16)7-12(15)14(19)6-9-2-4-11(18)8-13(9)17/h2-5,7-8,14H,6,19H2,1H3. The molecule has 0 spiro atoms. The minimum absolute atomic E-state index is 0.341. The number of hydrogen-bond donors (Lipinski definition) is 1. The molecule has 0 amide bonds. The molecule has 0 heterocycles. The van der Waals surface area contributed by atoms with Crippen molar-refractivity contribution in [3.8, 4) is 5.75 Å². The highest BCUT2D eigenvalue weighted by Crippen LogP contribution is 2.30. The molecular weight excluding hydrogens is 300 g/mol. The molecule has 106 valence electrons. The van der Waals surface area contributed by atoms with E-state index in [1.807, 2.05) is 0 Å². The van der Waals surface area contributed by atoms with E-state index in [4.69, 9.17) is 33.7 Å². The maximum atomic E-state index is 13.0. The molecule has 0 radical (unpaired) electrons. The molecule has 0 aliphatic carbocycles. The number of halogens is 3. The fraction of sp³-hybridized carbons (Fsp3) is 0.200. The summed E-state index contributed by atoms with van der Waals surface area (Å²) in [5, 5.41) is 0.947. The number of nitrogens with two attached hydrogens (primary N) is 1. The molecule has 0 saturated carbocycles. The van der Waals surface area contributed by atoms with Gasteiger partial charge in [0.1, 0.15) is 11.6 Å². The van der Waals surface area contributed by atoms with E-state index in [9.17, 15) is 4.39 Å². The van der Waals surface area contributed by atoms with Crippen molar-refractivity contribution in [2.45, 2.75) is 12.5 Å². The largest absolute Gasteiger partial charge is 0.496 e. The lowest BCUT2D eigenvalue weighted by molar-refractivity contribution is 0.405. The molecule has 2 aromatic rings. The van der Waals surface area contributed by atoms with Crippen LogP contribution in [-0.2, 0) is 6.42 Å². The molecular formula is C15H14Cl2FNO. The van der Waals surface area contributed by atoms with Gasteiger partial charge < -0.3 is 10.5 Å². The maximum Gasteiger partial charge on any atom is 0.124 e. The van der Waals surface area contributed by atoms with Gasteiger partial charge in [-0.25, -0.2) is 4.39 Å². The Hall–Kier alpha value is -1.29. The molecule has 1 unspecified atom stereocenters. The highest BCUT2D eigenvalue weighted by atomic mass is 35.5. The van der Waals surface area contributed by atoms with Crippen LogP contribution in [0.4, 0.5) is 4.39 Å². The molecule has 0 bridgehead atoms. The van der Waals surface area contributed by atoms with Crippen LogP contribution >= 0.6 is 23.2 Å². The van der Waals surface area contributed by atoms with Gasteiger partial charge in [0.2, 0.25) is 0 Å². The molecule has 2 aromatic carbocycles. The second kappa shape index (κ2) is 6.44. The van der Waals surface area contributed by atoms with Gasteiger partial charge in [-0.1, -0.05) is 29.3 Å². The van der Waals surface area contributed by atoms with Gasteiger partial charge in [-0.3, -0.25) is 0 Å². The van der Waals surface area contributed by atoms with E-state index in [0.717, 1.165) is 11.1 Å². The van der Waals surface area contributed by atoms with E-state index in [1.165, 1.54) is 12.1 Å². The Balaban J connectivity index is 2.27. The summed E-state index contributed by atoms with van der Waals surface area (Å²) < 4.78 is 18.3. The van der Waals surface area contributed by atoms with Gasteiger partial charge in [-0.05, 0) is 42.3 Å². The van der Waals surface area contributed by atoms with Crippen molar-refractivity contribution in [1.82, 2.24) is 0 Å². The SMILES string of the molecule is COc1ccc(Cl)cc1C(N)Cc1ccc(F)cc1Cl. The second-order valence-corrected chi connectivity index (χ2v) is 5.28. The second-order valence-electron chi connectivity index (χ2n) is 4.43. The van der Waals surface area contributed by atoms with Crippen LogP contribution in [0.1, 0.15) is 17.2 Å². The van der Waals surface area contributed by atoms with Gasteiger partial charge in [0.25, 0.3) is 0 Å². The molecule has 0 fully saturated rings. The summed E-state index contributed by atoms with van der Waals surface area (Å²) in [5.74, 6) is 0.299. The van der Waals surface area contributed by atoms with Crippen molar-refractivity contribution >= 4 is 23.2 Å². The first-order chi connectivity index (χ1) is 9.51. The van der Waals surface area contributed by atoms with Gasteiger partial charge in [-0.15, -0.1) is 0 Å². The lowest BCUT2D eigenvalue weighted by Gasteiger charge is -2.17. The van der Waals surface area contributed by atoms with Crippen molar-refractivity contribution in [3.63, 3.8) is 0 Å². The molecule has 2 N–H and O–H groups in total. The van der Waals surface area contributed by atoms with Crippen LogP contribution in [0.3, 0.4) is 0 Å². The zero-order valence-corrected chi connectivity index (χ0v) is 12.4. The molecule has 5 heteroatoms. The molecule has 0 aliphatic rings. The van der Waals surface area contributed by atoms with Crippen LogP contribution in [0.25, 0.3) is 0 Å². The number of hydrogen-bond acceptors (Lipinski definition) is 2. The Kier molecular flexibility index (Phi) is 4.86. The zero-order chi connectivity index (χ0) is 14.7. The van der Waals surface area contributed by atoms with Crippen LogP contribution in [0.15, 0.2) is 36.4 Å². The third kappa shape index (κ3) is 3.42. The van der Waals surface area contributed by atoms with Gasteiger partial charge >= 0.3 is 0 Å². The summed E-state index contributed by atoms with van der Waals surface area (Å²) in [7, 11) is 1.57. The van der Waals surface area contributed by atoms with Crippen molar-refractivity contribution in [2.24, 2.45) is 5.73 Å². The Morgan fingerprint density at radius 3 is 2.60 bits per heavy atom. The molecule has 2 nitrogen and oxygen atoms in total. The van der Waals surface area contributed by atoms with Gasteiger partial charge in [0.05, 0.1) is 7.11 Å². The average Bonchev–Trinajstić information content (AvgIpc) is 2.41. The van der Waals surface area contributed by atoms with E-state index >= 15 is 0 Å². The van der Waals surface area contributed by atoms with Crippen molar-refractivity contribution in [3.05, 3.63) is 63.4 Å². The Bertz CT molecular complexity index is 619. The first kappa shape index (κ1) is 15.1. The molecule has 1 atom stereocenters. The number of methoxy groups -OCH3 is 1. The number of rotatable bonds is 4. The van der Waals surface area contributed by atoms with Crippen molar-refractivity contribution in [1.29, 1.82) is 0 Å². The number of benzene rings is 2. The summed E-state index contributed by atoms with van der Waals surface area (Å²) in [4.78, 5) is 0. The highest BCUT2D eigenvalue weighted by molar-refractivity contribution is 6.31. The third-order valence-corrected chi connectivity index (χ3v) is 3.63. The quantitative estimate of drug-likeness (QED) is 0.909. The Morgan fingerprint density at radius 1 is 1.20 bits per heavy atom. The maximum absolute atomic E-state index is 13.0. The first-order valence-corrected chi connectivity index (χ1v) is 6.80. The van der Waals surface area contributed by atoms with Crippen molar-refractivity contribution < 1.29 is 9.13 Å². The fourth-order valence-electron chi connectivity index (χ4n) is 2.03. The number of ether oxygens (including phenoxy) is 1. The normalized spacial score (nSPS) is 12.2. The third-order valence-electron chi connectivity index (χ3n) is 3.05. The van der Waals surface area contributed by atoms with Crippen LogP contribution in [0, 0.1) is 5.82 Å². The van der Waals surface area contributed by atoms with E-state index in [1.54, 1.807) is 31.4 Å². The molecule has 0 aromatic heterocycles. The smallest absolute Gasteiger partial charge is 0.124 e. The average molecular weight is 314 g/mol. The monoisotopic (exact) mass is 313 g/mol. The van der Waals surface area contributed by atoms with Crippen LogP contribution in [0.5, 0.6) is 5.75 Å². The predicted octanol–water partition coefficient (Wildman–Crippen LogP) is 4.38. The summed E-state index contributed by atoms with van der Waals surface area (Å²) in [6.07, 6.45) is 0.468. The van der Waals surface area contributed by atoms with Crippen molar-refractivity contribution in [2.75, 3.05) is 7.11 Å².